The van der Waals surface area contributed by atoms with Gasteiger partial charge in [-0.05, 0) is 38.3 Å². The fourth-order valence-corrected chi connectivity index (χ4v) is 7.95. The summed E-state index contributed by atoms with van der Waals surface area (Å²) in [6.07, 6.45) is 10.1. The van der Waals surface area contributed by atoms with Crippen LogP contribution in [0.5, 0.6) is 0 Å². The summed E-state index contributed by atoms with van der Waals surface area (Å²) < 4.78 is 30.0. The molecule has 0 saturated heterocycles. The van der Waals surface area contributed by atoms with Crippen molar-refractivity contribution in [3.63, 3.8) is 0 Å². The molecule has 30 heavy (non-hydrogen) atoms. The second kappa shape index (κ2) is 15.2. The molecule has 2 N–H and O–H groups in total. The molecule has 0 unspecified atom stereocenters. The van der Waals surface area contributed by atoms with Gasteiger partial charge in [-0.3, -0.25) is 9.34 Å². The van der Waals surface area contributed by atoms with Gasteiger partial charge in [0.1, 0.15) is 0 Å². The molecular formula is C20H40N4O2P2S2. The van der Waals surface area contributed by atoms with Crippen molar-refractivity contribution in [3.8, 4) is 0 Å². The Morgan fingerprint density at radius 1 is 0.733 bits per heavy atom. The van der Waals surface area contributed by atoms with E-state index in [9.17, 15) is 9.13 Å². The van der Waals surface area contributed by atoms with Gasteiger partial charge in [0.2, 0.25) is 0 Å². The zero-order chi connectivity index (χ0) is 23.2. The van der Waals surface area contributed by atoms with Crippen molar-refractivity contribution in [2.45, 2.75) is 41.5 Å². The van der Waals surface area contributed by atoms with Crippen LogP contribution in [0.25, 0.3) is 0 Å². The predicted octanol–water partition coefficient (Wildman–Crippen LogP) is 5.13. The fraction of sp³-hybridized carbons (Fsp3) is 0.700. The Kier molecular flexibility index (Phi) is 14.8. The lowest BCUT2D eigenvalue weighted by molar-refractivity contribution is 0.525. The van der Waals surface area contributed by atoms with Gasteiger partial charge in [-0.15, -0.1) is 0 Å². The summed E-state index contributed by atoms with van der Waals surface area (Å²) in [7, 11) is -5.05. The smallest absolute Gasteiger partial charge is 0.174 e. The summed E-state index contributed by atoms with van der Waals surface area (Å²) in [5.41, 5.74) is 0. The minimum absolute atomic E-state index is 0.492. The Balaban J connectivity index is 4.99. The summed E-state index contributed by atoms with van der Waals surface area (Å²) in [5.74, 6) is 0. The first-order valence-electron chi connectivity index (χ1n) is 10.7. The number of hydrogen-bond donors (Lipinski definition) is 2. The van der Waals surface area contributed by atoms with Gasteiger partial charge < -0.3 is 19.8 Å². The Labute approximate surface area is 194 Å². The molecule has 0 rings (SSSR count). The van der Waals surface area contributed by atoms with Crippen molar-refractivity contribution >= 4 is 49.2 Å². The predicted molar refractivity (Wildman–Crippen MR) is 142 cm³/mol. The van der Waals surface area contributed by atoms with E-state index in [-0.39, 0.29) is 0 Å². The van der Waals surface area contributed by atoms with E-state index in [0.717, 1.165) is 0 Å². The van der Waals surface area contributed by atoms with Crippen molar-refractivity contribution in [1.29, 1.82) is 0 Å². The summed E-state index contributed by atoms with van der Waals surface area (Å²) >= 11 is 11.1. The van der Waals surface area contributed by atoms with Crippen molar-refractivity contribution in [2.75, 3.05) is 50.8 Å². The van der Waals surface area contributed by atoms with Gasteiger partial charge in [-0.25, -0.2) is 0 Å². The highest BCUT2D eigenvalue weighted by Crippen LogP contribution is 2.49. The van der Waals surface area contributed by atoms with Crippen LogP contribution in [0, 0.1) is 0 Å². The molecule has 6 nitrogen and oxygen atoms in total. The summed E-state index contributed by atoms with van der Waals surface area (Å²) in [4.78, 5) is 0. The molecule has 0 atom stereocenters. The third kappa shape index (κ3) is 8.82. The van der Waals surface area contributed by atoms with Crippen LogP contribution in [0.1, 0.15) is 41.5 Å². The second-order valence-corrected chi connectivity index (χ2v) is 14.4. The maximum absolute atomic E-state index is 13.2. The maximum Gasteiger partial charge on any atom is 0.174 e. The number of nitrogens with one attached hydrogen (secondary N) is 2. The van der Waals surface area contributed by atoms with Crippen LogP contribution in [0.15, 0.2) is 24.3 Å². The first-order chi connectivity index (χ1) is 14.2. The van der Waals surface area contributed by atoms with Gasteiger partial charge in [0.15, 0.2) is 24.8 Å². The van der Waals surface area contributed by atoms with Gasteiger partial charge in [0.25, 0.3) is 0 Å². The first-order valence-corrected chi connectivity index (χ1v) is 15.6. The molecule has 0 aliphatic rings. The molecule has 0 amide bonds. The Bertz CT molecular complexity index is 624. The number of thiocarbonyl (C=S) groups is 2. The molecule has 0 spiro atoms. The summed E-state index contributed by atoms with van der Waals surface area (Å²) in [6, 6.07) is 0. The van der Waals surface area contributed by atoms with E-state index < -0.39 is 14.6 Å². The fourth-order valence-electron chi connectivity index (χ4n) is 2.86. The molecule has 0 saturated carbocycles. The Morgan fingerprint density at radius 3 is 1.27 bits per heavy atom. The van der Waals surface area contributed by atoms with Crippen LogP contribution in [0.4, 0.5) is 0 Å². The lowest BCUT2D eigenvalue weighted by atomic mass is 10.5. The lowest BCUT2D eigenvalue weighted by Crippen LogP contribution is -2.44. The molecule has 174 valence electrons. The number of rotatable bonds is 13. The van der Waals surface area contributed by atoms with Crippen LogP contribution < -0.4 is 10.6 Å². The monoisotopic (exact) mass is 494 g/mol. The van der Waals surface area contributed by atoms with E-state index in [1.54, 1.807) is 0 Å². The molecule has 0 aliphatic heterocycles. The topological polar surface area (TPSA) is 64.7 Å². The molecule has 0 aromatic rings. The standard InChI is InChI=1S/C20H40N4O2P2S2/c1-7-13-17-23(27(25,9-3)10-4)19(29)21-15-16-22-20(30)24(18-14-8-2)28(26,11-5)12-6/h7-8,13-14H,9-12,15-18H2,1-6H3,(H,21,29)(H,22,30). The highest BCUT2D eigenvalue weighted by atomic mass is 32.1. The third-order valence-electron chi connectivity index (χ3n) is 5.03. The van der Waals surface area contributed by atoms with Gasteiger partial charge in [0, 0.05) is 50.8 Å². The van der Waals surface area contributed by atoms with E-state index in [0.29, 0.717) is 61.1 Å². The van der Waals surface area contributed by atoms with Gasteiger partial charge in [0.05, 0.1) is 0 Å². The van der Waals surface area contributed by atoms with Crippen molar-refractivity contribution in [2.24, 2.45) is 0 Å². The zero-order valence-electron chi connectivity index (χ0n) is 19.4. The first kappa shape index (κ1) is 29.3. The zero-order valence-corrected chi connectivity index (χ0v) is 22.8. The van der Waals surface area contributed by atoms with Crippen LogP contribution in [-0.2, 0) is 9.13 Å². The molecule has 0 fully saturated rings. The van der Waals surface area contributed by atoms with Crippen molar-refractivity contribution in [3.05, 3.63) is 24.3 Å². The minimum atomic E-state index is -2.52. The SMILES string of the molecule is CC=CCN(C(=S)NCCNC(=S)N(CC=CC)P(=O)(CC)CC)P(=O)(CC)CC. The highest BCUT2D eigenvalue weighted by molar-refractivity contribution is 7.81. The Hall–Kier alpha value is -0.680. The van der Waals surface area contributed by atoms with Gasteiger partial charge in [-0.2, -0.15) is 0 Å². The van der Waals surface area contributed by atoms with Gasteiger partial charge >= 0.3 is 0 Å². The van der Waals surface area contributed by atoms with Crippen LogP contribution in [0.2, 0.25) is 0 Å². The van der Waals surface area contributed by atoms with E-state index in [4.69, 9.17) is 24.4 Å². The van der Waals surface area contributed by atoms with Crippen molar-refractivity contribution < 1.29 is 9.13 Å². The van der Waals surface area contributed by atoms with Crippen LogP contribution in [-0.4, -0.2) is 70.4 Å². The van der Waals surface area contributed by atoms with Crippen molar-refractivity contribution in [1.82, 2.24) is 20.0 Å². The second-order valence-electron chi connectivity index (χ2n) is 6.72. The summed E-state index contributed by atoms with van der Waals surface area (Å²) in [6.45, 7) is 13.7. The molecule has 0 aliphatic carbocycles. The van der Waals surface area contributed by atoms with E-state index in [2.05, 4.69) is 10.6 Å². The average Bonchev–Trinajstić information content (AvgIpc) is 2.76. The summed E-state index contributed by atoms with van der Waals surface area (Å²) in [5, 5.41) is 7.38. The molecule has 0 bridgehead atoms. The lowest BCUT2D eigenvalue weighted by Gasteiger charge is -2.33. The van der Waals surface area contributed by atoms with Gasteiger partial charge in [-0.1, -0.05) is 52.0 Å². The molecule has 0 aromatic heterocycles. The number of nitrogens with zero attached hydrogens (tertiary/aromatic N) is 2. The molecular weight excluding hydrogens is 454 g/mol. The quantitative estimate of drug-likeness (QED) is 0.158. The molecule has 0 heterocycles. The minimum Gasteiger partial charge on any atom is -0.361 e. The van der Waals surface area contributed by atoms with Crippen LogP contribution in [0.3, 0.4) is 0 Å². The average molecular weight is 495 g/mol. The largest absolute Gasteiger partial charge is 0.361 e. The van der Waals surface area contributed by atoms with E-state index in [1.807, 2.05) is 75.2 Å². The normalized spacial score (nSPS) is 12.3. The molecule has 10 heteroatoms. The Morgan fingerprint density at radius 2 is 1.03 bits per heavy atom. The van der Waals surface area contributed by atoms with Crippen LogP contribution >= 0.6 is 39.0 Å². The third-order valence-corrected chi connectivity index (χ3v) is 12.5. The molecule has 0 aromatic carbocycles. The highest BCUT2D eigenvalue weighted by Gasteiger charge is 2.29. The molecule has 0 radical (unpaired) electrons. The number of hydrogen-bond acceptors (Lipinski definition) is 4. The van der Waals surface area contributed by atoms with E-state index in [1.165, 1.54) is 0 Å². The number of allylic oxidation sites excluding steroid dienone is 2. The van der Waals surface area contributed by atoms with E-state index >= 15 is 0 Å². The maximum atomic E-state index is 13.2.